The molecule has 0 aliphatic carbocycles. The molecule has 0 saturated carbocycles. The molecule has 13 heteroatoms. The summed E-state index contributed by atoms with van der Waals surface area (Å²) in [6.45, 7) is 1.82. The molecule has 3 rings (SSSR count). The molecule has 0 atom stereocenters. The molecule has 0 unspecified atom stereocenters. The molecule has 2 aromatic heterocycles. The number of benzene rings is 1. The Kier molecular flexibility index (Phi) is 5.25. The summed E-state index contributed by atoms with van der Waals surface area (Å²) in [6, 6.07) is 6.11. The van der Waals surface area contributed by atoms with Gasteiger partial charge in [-0.25, -0.2) is 23.4 Å². The van der Waals surface area contributed by atoms with Crippen molar-refractivity contribution in [2.24, 2.45) is 0 Å². The molecule has 3 N–H and O–H groups in total. The van der Waals surface area contributed by atoms with E-state index in [1.54, 1.807) is 17.5 Å². The van der Waals surface area contributed by atoms with Crippen LogP contribution in [0, 0.1) is 17.0 Å². The maximum absolute atomic E-state index is 12.3. The predicted octanol–water partition coefficient (Wildman–Crippen LogP) is 2.20. The maximum atomic E-state index is 12.3. The largest absolute Gasteiger partial charge is 0.355 e. The molecule has 0 aliphatic heterocycles. The van der Waals surface area contributed by atoms with Gasteiger partial charge in [0.05, 0.1) is 9.82 Å². The maximum Gasteiger partial charge on any atom is 0.355 e. The van der Waals surface area contributed by atoms with Gasteiger partial charge >= 0.3 is 5.69 Å². The third-order valence-corrected chi connectivity index (χ3v) is 5.25. The van der Waals surface area contributed by atoms with Crippen LogP contribution in [0.5, 0.6) is 0 Å². The van der Waals surface area contributed by atoms with E-state index >= 15 is 0 Å². The fraction of sp³-hybridized carbons (Fsp3) is 0.0714. The lowest BCUT2D eigenvalue weighted by atomic mass is 10.2. The number of nitrogens with one attached hydrogen (secondary N) is 3. The molecule has 3 aromatic rings. The average molecular weight is 407 g/mol. The van der Waals surface area contributed by atoms with E-state index in [2.05, 4.69) is 30.5 Å². The summed E-state index contributed by atoms with van der Waals surface area (Å²) in [4.78, 5) is 24.4. The number of rotatable bonds is 7. The molecule has 1 aromatic carbocycles. The van der Waals surface area contributed by atoms with Crippen LogP contribution in [-0.4, -0.2) is 28.3 Å². The molecule has 0 spiro atoms. The Morgan fingerprint density at radius 2 is 1.81 bits per heavy atom. The van der Waals surface area contributed by atoms with E-state index in [0.717, 1.165) is 11.9 Å². The minimum absolute atomic E-state index is 0.00144. The molecule has 140 valence electrons. The van der Waals surface area contributed by atoms with Crippen molar-refractivity contribution in [3.8, 4) is 0 Å². The second kappa shape index (κ2) is 7.61. The van der Waals surface area contributed by atoms with Crippen LogP contribution < -0.4 is 15.6 Å². The van der Waals surface area contributed by atoms with Crippen LogP contribution in [0.2, 0.25) is 0 Å². The van der Waals surface area contributed by atoms with Crippen molar-refractivity contribution in [2.45, 2.75) is 11.8 Å². The number of hydrogen-bond acceptors (Lipinski definition) is 10. The van der Waals surface area contributed by atoms with Crippen LogP contribution >= 0.6 is 11.3 Å². The van der Waals surface area contributed by atoms with Gasteiger partial charge in [-0.05, 0) is 19.1 Å². The minimum atomic E-state index is -3.96. The zero-order valence-electron chi connectivity index (χ0n) is 13.8. The standard InChI is InChI=1S/C14H13N7O4S2/c1-9-2-4-10(5-3-9)27(24,25)20-19-13-11(21(22)23)12(16-8-17-13)18-14-15-6-7-26-14/h2-8,20H,1H3,(H2,15,16,17,18,19). The lowest BCUT2D eigenvalue weighted by Crippen LogP contribution is -2.30. The Balaban J connectivity index is 1.86. The van der Waals surface area contributed by atoms with Gasteiger partial charge in [0.1, 0.15) is 6.33 Å². The second-order valence-electron chi connectivity index (χ2n) is 5.18. The molecule has 0 fully saturated rings. The third kappa shape index (κ3) is 4.33. The van der Waals surface area contributed by atoms with E-state index in [4.69, 9.17) is 0 Å². The minimum Gasteiger partial charge on any atom is -0.310 e. The molecule has 11 nitrogen and oxygen atoms in total. The Morgan fingerprint density at radius 1 is 1.11 bits per heavy atom. The van der Waals surface area contributed by atoms with Gasteiger partial charge in [-0.1, -0.05) is 17.7 Å². The van der Waals surface area contributed by atoms with Crippen molar-refractivity contribution in [1.29, 1.82) is 0 Å². The molecular weight excluding hydrogens is 394 g/mol. The van der Waals surface area contributed by atoms with Gasteiger partial charge in [0.15, 0.2) is 5.13 Å². The topological polar surface area (TPSA) is 152 Å². The Morgan fingerprint density at radius 3 is 2.44 bits per heavy atom. The number of nitro groups is 1. The van der Waals surface area contributed by atoms with Gasteiger partial charge in [-0.3, -0.25) is 15.5 Å². The van der Waals surface area contributed by atoms with E-state index in [1.165, 1.54) is 29.7 Å². The van der Waals surface area contributed by atoms with E-state index in [-0.39, 0.29) is 16.5 Å². The summed E-state index contributed by atoms with van der Waals surface area (Å²) in [6.07, 6.45) is 2.58. The summed E-state index contributed by atoms with van der Waals surface area (Å²) in [5, 5.41) is 16.2. The average Bonchev–Trinajstić information content (AvgIpc) is 3.13. The predicted molar refractivity (Wildman–Crippen MR) is 99.2 cm³/mol. The number of hydrazine groups is 1. The zero-order valence-corrected chi connectivity index (χ0v) is 15.4. The van der Waals surface area contributed by atoms with Crippen molar-refractivity contribution in [1.82, 2.24) is 19.8 Å². The van der Waals surface area contributed by atoms with E-state index in [9.17, 15) is 18.5 Å². The second-order valence-corrected chi connectivity index (χ2v) is 7.76. The summed E-state index contributed by atoms with van der Waals surface area (Å²) >= 11 is 1.22. The highest BCUT2D eigenvalue weighted by molar-refractivity contribution is 7.89. The van der Waals surface area contributed by atoms with Crippen LogP contribution in [0.4, 0.5) is 22.5 Å². The SMILES string of the molecule is Cc1ccc(S(=O)(=O)NNc2ncnc(Nc3nccs3)c2[N+](=O)[O-])cc1. The quantitative estimate of drug-likeness (QED) is 0.395. The fourth-order valence-electron chi connectivity index (χ4n) is 2.01. The number of thiazole rings is 1. The molecule has 0 bridgehead atoms. The van der Waals surface area contributed by atoms with Crippen molar-refractivity contribution in [2.75, 3.05) is 10.7 Å². The van der Waals surface area contributed by atoms with Gasteiger partial charge in [-0.15, -0.1) is 16.2 Å². The molecule has 27 heavy (non-hydrogen) atoms. The normalized spacial score (nSPS) is 11.1. The number of aromatic nitrogens is 3. The Labute approximate surface area is 157 Å². The molecule has 0 amide bonds. The lowest BCUT2D eigenvalue weighted by molar-refractivity contribution is -0.383. The van der Waals surface area contributed by atoms with Crippen LogP contribution in [0.1, 0.15) is 5.56 Å². The van der Waals surface area contributed by atoms with Gasteiger partial charge in [0, 0.05) is 11.6 Å². The number of sulfonamides is 1. The first-order valence-corrected chi connectivity index (χ1v) is 9.73. The first kappa shape index (κ1) is 18.6. The van der Waals surface area contributed by atoms with E-state index in [0.29, 0.717) is 5.13 Å². The molecule has 2 heterocycles. The summed E-state index contributed by atoms with van der Waals surface area (Å²) in [5.41, 5.74) is 2.65. The summed E-state index contributed by atoms with van der Waals surface area (Å²) in [7, 11) is -3.96. The van der Waals surface area contributed by atoms with Crippen LogP contribution in [0.25, 0.3) is 0 Å². The monoisotopic (exact) mass is 407 g/mol. The zero-order chi connectivity index (χ0) is 19.4. The van der Waals surface area contributed by atoms with E-state index in [1.807, 2.05) is 6.92 Å². The molecule has 0 radical (unpaired) electrons. The van der Waals surface area contributed by atoms with Crippen molar-refractivity contribution < 1.29 is 13.3 Å². The van der Waals surface area contributed by atoms with Crippen molar-refractivity contribution in [3.05, 3.63) is 57.8 Å². The summed E-state index contributed by atoms with van der Waals surface area (Å²) < 4.78 is 24.7. The molecule has 0 saturated heterocycles. The first-order chi connectivity index (χ1) is 12.9. The Hall–Kier alpha value is -3.16. The van der Waals surface area contributed by atoms with Gasteiger partial charge in [-0.2, -0.15) is 0 Å². The third-order valence-electron chi connectivity index (χ3n) is 3.30. The number of nitrogens with zero attached hydrogens (tertiary/aromatic N) is 4. The summed E-state index contributed by atoms with van der Waals surface area (Å²) in [5.74, 6) is -0.438. The van der Waals surface area contributed by atoms with Crippen molar-refractivity contribution in [3.63, 3.8) is 0 Å². The van der Waals surface area contributed by atoms with Gasteiger partial charge in [0.2, 0.25) is 11.6 Å². The first-order valence-electron chi connectivity index (χ1n) is 7.37. The van der Waals surface area contributed by atoms with E-state index < -0.39 is 20.6 Å². The smallest absolute Gasteiger partial charge is 0.310 e. The molecular formula is C14H13N7O4S2. The fourth-order valence-corrected chi connectivity index (χ4v) is 3.38. The molecule has 0 aliphatic rings. The van der Waals surface area contributed by atoms with Crippen LogP contribution in [0.15, 0.2) is 47.1 Å². The number of aryl methyl sites for hydroxylation is 1. The number of anilines is 3. The highest BCUT2D eigenvalue weighted by Crippen LogP contribution is 2.31. The highest BCUT2D eigenvalue weighted by Gasteiger charge is 2.25. The van der Waals surface area contributed by atoms with Gasteiger partial charge < -0.3 is 5.32 Å². The van der Waals surface area contributed by atoms with Crippen LogP contribution in [-0.2, 0) is 10.0 Å². The van der Waals surface area contributed by atoms with Crippen molar-refractivity contribution >= 4 is 43.8 Å². The highest BCUT2D eigenvalue weighted by atomic mass is 32.2. The lowest BCUT2D eigenvalue weighted by Gasteiger charge is -2.10. The number of hydrogen-bond donors (Lipinski definition) is 3. The van der Waals surface area contributed by atoms with Crippen LogP contribution in [0.3, 0.4) is 0 Å². The van der Waals surface area contributed by atoms with Gasteiger partial charge in [0.25, 0.3) is 10.0 Å². The Bertz CT molecular complexity index is 1050.